The number of carbonyl (C=O) groups excluding carboxylic acids is 6. The standard InChI is InChI=1S/C24H33N5O10S2.Na/c1-3-4-5-6-7-8-11-27-12-13-28(22(33)21(27)32)24(35)26-16(15-10-9-14-40-15)19(30)25-17-18(23(34)39-2)29(20(17)31)41(36,37)38;/h9-10,14,16-18H,3-8,11-13H2,1-2H3,(H,25,30)(H,26,35)(H,36,37,38);/q;+1/p-1/t16?,17-,18+;/m1./s1. The number of nitrogens with one attached hydrogen (secondary N) is 2. The maximum atomic E-state index is 13.2. The van der Waals surface area contributed by atoms with Crippen LogP contribution in [0.5, 0.6) is 0 Å². The molecule has 15 nitrogen and oxygen atoms in total. The second kappa shape index (κ2) is 15.8. The monoisotopic (exact) mass is 637 g/mol. The summed E-state index contributed by atoms with van der Waals surface area (Å²) >= 11 is 1.05. The molecule has 226 valence electrons. The van der Waals surface area contributed by atoms with Crippen molar-refractivity contribution in [2.45, 2.75) is 63.6 Å². The van der Waals surface area contributed by atoms with Gasteiger partial charge in [0.25, 0.3) is 5.91 Å². The van der Waals surface area contributed by atoms with Crippen LogP contribution < -0.4 is 40.2 Å². The predicted molar refractivity (Wildman–Crippen MR) is 142 cm³/mol. The minimum atomic E-state index is -5.38. The van der Waals surface area contributed by atoms with E-state index in [1.54, 1.807) is 11.4 Å². The predicted octanol–water partition coefficient (Wildman–Crippen LogP) is -3.14. The van der Waals surface area contributed by atoms with Crippen molar-refractivity contribution < 1.29 is 76.0 Å². The Kier molecular flexibility index (Phi) is 13.4. The molecule has 3 atom stereocenters. The average molecular weight is 638 g/mol. The Morgan fingerprint density at radius 2 is 1.76 bits per heavy atom. The van der Waals surface area contributed by atoms with Gasteiger partial charge in [-0.05, 0) is 17.9 Å². The third-order valence-electron chi connectivity index (χ3n) is 6.73. The summed E-state index contributed by atoms with van der Waals surface area (Å²) in [5.74, 6) is -5.54. The molecule has 1 aromatic heterocycles. The molecule has 0 bridgehead atoms. The van der Waals surface area contributed by atoms with Crippen LogP contribution in [0.4, 0.5) is 4.79 Å². The zero-order valence-corrected chi connectivity index (χ0v) is 27.2. The van der Waals surface area contributed by atoms with E-state index >= 15 is 0 Å². The summed E-state index contributed by atoms with van der Waals surface area (Å²) in [5, 5.41) is 6.14. The molecule has 0 aliphatic carbocycles. The van der Waals surface area contributed by atoms with Crippen LogP contribution >= 0.6 is 11.3 Å². The van der Waals surface area contributed by atoms with E-state index in [2.05, 4.69) is 22.3 Å². The molecule has 3 rings (SSSR count). The third kappa shape index (κ3) is 8.29. The Morgan fingerprint density at radius 1 is 1.10 bits per heavy atom. The Balaban J connectivity index is 0.00000616. The number of rotatable bonds is 13. The van der Waals surface area contributed by atoms with Gasteiger partial charge in [0.05, 0.1) is 7.11 Å². The topological polar surface area (TPSA) is 203 Å². The number of carbonyl (C=O) groups is 6. The summed E-state index contributed by atoms with van der Waals surface area (Å²) in [7, 11) is -4.48. The summed E-state index contributed by atoms with van der Waals surface area (Å²) in [5.41, 5.74) is 0. The van der Waals surface area contributed by atoms with E-state index in [4.69, 9.17) is 0 Å². The molecule has 2 saturated heterocycles. The zero-order valence-electron chi connectivity index (χ0n) is 23.6. The van der Waals surface area contributed by atoms with Crippen LogP contribution in [0.1, 0.15) is 56.4 Å². The van der Waals surface area contributed by atoms with Gasteiger partial charge in [-0.1, -0.05) is 45.1 Å². The number of esters is 1. The van der Waals surface area contributed by atoms with Gasteiger partial charge in [-0.15, -0.1) is 11.3 Å². The number of urea groups is 1. The molecule has 0 saturated carbocycles. The molecule has 0 radical (unpaired) electrons. The van der Waals surface area contributed by atoms with Gasteiger partial charge in [0.15, 0.2) is 16.3 Å². The van der Waals surface area contributed by atoms with Gasteiger partial charge >= 0.3 is 53.4 Å². The molecule has 18 heteroatoms. The first-order chi connectivity index (χ1) is 19.4. The zero-order chi connectivity index (χ0) is 30.3. The van der Waals surface area contributed by atoms with Gasteiger partial charge in [0.2, 0.25) is 5.91 Å². The van der Waals surface area contributed by atoms with Crippen molar-refractivity contribution in [1.82, 2.24) is 24.7 Å². The third-order valence-corrected chi connectivity index (χ3v) is 8.55. The number of methoxy groups -OCH3 is 1. The summed E-state index contributed by atoms with van der Waals surface area (Å²) in [6, 6.07) is -3.17. The van der Waals surface area contributed by atoms with Gasteiger partial charge in [-0.2, -0.15) is 0 Å². The normalized spacial score (nSPS) is 19.5. The van der Waals surface area contributed by atoms with Crippen LogP contribution in [0.2, 0.25) is 0 Å². The first-order valence-corrected chi connectivity index (χ1v) is 15.3. The SMILES string of the molecule is CCCCCCCCN1CCN(C(=O)NC(C(=O)N[C@H]2C(=O)N(S(=O)(=O)[O-])[C@@H]2C(=O)OC)c2cccs2)C(=O)C1=O.[Na+]. The number of hydrogen-bond donors (Lipinski definition) is 2. The average Bonchev–Trinajstić information content (AvgIpc) is 3.46. The van der Waals surface area contributed by atoms with Gasteiger partial charge in [0, 0.05) is 24.5 Å². The Labute approximate surface area is 269 Å². The molecule has 0 spiro atoms. The summed E-state index contributed by atoms with van der Waals surface area (Å²) in [4.78, 5) is 78.4. The van der Waals surface area contributed by atoms with E-state index < -0.39 is 64.1 Å². The number of piperazine rings is 1. The molecule has 2 aliphatic rings. The smallest absolute Gasteiger partial charge is 0.731 e. The molecule has 1 unspecified atom stereocenters. The van der Waals surface area contributed by atoms with Crippen LogP contribution in [0.25, 0.3) is 0 Å². The van der Waals surface area contributed by atoms with Crippen LogP contribution in [0, 0.1) is 0 Å². The van der Waals surface area contributed by atoms with E-state index in [1.165, 1.54) is 11.0 Å². The number of β-lactam (4-membered cyclic amide) rings is 1. The van der Waals surface area contributed by atoms with Gasteiger partial charge in [0.1, 0.15) is 12.1 Å². The second-order valence-electron chi connectivity index (χ2n) is 9.46. The quantitative estimate of drug-likeness (QED) is 0.0556. The van der Waals surface area contributed by atoms with Gasteiger partial charge in [-0.3, -0.25) is 24.1 Å². The Morgan fingerprint density at radius 3 is 2.36 bits per heavy atom. The van der Waals surface area contributed by atoms with Gasteiger partial charge in [-0.25, -0.2) is 22.3 Å². The minimum absolute atomic E-state index is 0. The molecule has 0 aromatic carbocycles. The number of nitrogens with zero attached hydrogens (tertiary/aromatic N) is 3. The van der Waals surface area contributed by atoms with Crippen LogP contribution in [-0.4, -0.2) is 102 Å². The summed E-state index contributed by atoms with van der Waals surface area (Å²) < 4.78 is 38.5. The summed E-state index contributed by atoms with van der Waals surface area (Å²) in [6.45, 7) is 2.52. The van der Waals surface area contributed by atoms with E-state index in [9.17, 15) is 41.7 Å². The largest absolute Gasteiger partial charge is 1.00 e. The summed E-state index contributed by atoms with van der Waals surface area (Å²) in [6.07, 6.45) is 6.03. The molecule has 42 heavy (non-hydrogen) atoms. The molecule has 2 fully saturated rings. The van der Waals surface area contributed by atoms with Crippen LogP contribution in [-0.2, 0) is 39.0 Å². The van der Waals surface area contributed by atoms with Crippen molar-refractivity contribution in [3.63, 3.8) is 0 Å². The number of hydrogen-bond acceptors (Lipinski definition) is 11. The Hall–Kier alpha value is -2.57. The van der Waals surface area contributed by atoms with E-state index in [0.29, 0.717) is 11.4 Å². The molecule has 2 aliphatic heterocycles. The number of ether oxygens (including phenoxy) is 1. The van der Waals surface area contributed by atoms with Crippen molar-refractivity contribution in [2.24, 2.45) is 0 Å². The molecule has 6 amide bonds. The van der Waals surface area contributed by atoms with E-state index in [1.807, 2.05) is 0 Å². The Bertz CT molecular complexity index is 1280. The van der Waals surface area contributed by atoms with Crippen molar-refractivity contribution in [3.05, 3.63) is 22.4 Å². The molecule has 1 aromatic rings. The number of thiophene rings is 1. The maximum absolute atomic E-state index is 13.2. The van der Waals surface area contributed by atoms with Crippen molar-refractivity contribution in [2.75, 3.05) is 26.7 Å². The van der Waals surface area contributed by atoms with E-state index in [-0.39, 0.29) is 51.8 Å². The van der Waals surface area contributed by atoms with Crippen molar-refractivity contribution in [3.8, 4) is 0 Å². The first kappa shape index (κ1) is 35.6. The van der Waals surface area contributed by atoms with Crippen molar-refractivity contribution >= 4 is 57.3 Å². The maximum Gasteiger partial charge on any atom is 1.00 e. The van der Waals surface area contributed by atoms with Crippen LogP contribution in [0.15, 0.2) is 17.5 Å². The molecule has 3 heterocycles. The van der Waals surface area contributed by atoms with Gasteiger partial charge < -0.3 is 24.8 Å². The fourth-order valence-corrected chi connectivity index (χ4v) is 6.12. The van der Waals surface area contributed by atoms with E-state index in [0.717, 1.165) is 57.0 Å². The number of amides is 6. The molecular formula is C24H32N5NaO10S2. The minimum Gasteiger partial charge on any atom is -0.731 e. The molecular weight excluding hydrogens is 605 g/mol. The fraction of sp³-hybridized carbons (Fsp3) is 0.583. The fourth-order valence-electron chi connectivity index (χ4n) is 4.53. The van der Waals surface area contributed by atoms with Crippen LogP contribution in [0.3, 0.4) is 0 Å². The second-order valence-corrected chi connectivity index (χ2v) is 11.7. The van der Waals surface area contributed by atoms with Crippen molar-refractivity contribution in [1.29, 1.82) is 0 Å². The number of unbranched alkanes of at least 4 members (excludes halogenated alkanes) is 5. The number of imide groups is 1. The first-order valence-electron chi connectivity index (χ1n) is 13.0. The molecule has 2 N–H and O–H groups in total.